The van der Waals surface area contributed by atoms with Crippen LogP contribution in [-0.4, -0.2) is 90.3 Å². The number of carboxylic acid groups (broad SMARTS) is 1. The van der Waals surface area contributed by atoms with Crippen molar-refractivity contribution < 1.29 is 38.7 Å². The number of unbranched alkanes of at least 4 members (excludes halogenated alkanes) is 1. The van der Waals surface area contributed by atoms with Gasteiger partial charge in [-0.1, -0.05) is 13.8 Å². The largest absolute Gasteiger partial charge is 0.480 e. The zero-order valence-electron chi connectivity index (χ0n) is 22.6. The van der Waals surface area contributed by atoms with Crippen molar-refractivity contribution in [2.45, 2.75) is 77.0 Å². The molecule has 0 bridgehead atoms. The smallest absolute Gasteiger partial charge is 0.322 e. The molecule has 0 aromatic rings. The molecule has 4 atom stereocenters. The molecular formula is C23H42N8O8. The van der Waals surface area contributed by atoms with Crippen molar-refractivity contribution in [2.24, 2.45) is 23.1 Å². The molecule has 0 fully saturated rings. The normalized spacial score (nSPS) is 13.8. The highest BCUT2D eigenvalue weighted by molar-refractivity contribution is 5.96. The van der Waals surface area contributed by atoms with Crippen molar-refractivity contribution in [1.29, 1.82) is 0 Å². The van der Waals surface area contributed by atoms with Crippen LogP contribution in [0.15, 0.2) is 0 Å². The summed E-state index contributed by atoms with van der Waals surface area (Å²) in [6.45, 7) is 4.15. The van der Waals surface area contributed by atoms with Crippen molar-refractivity contribution >= 4 is 41.4 Å². The second-order valence-corrected chi connectivity index (χ2v) is 9.44. The number of amides is 6. The first-order chi connectivity index (χ1) is 18.2. The Morgan fingerprint density at radius 2 is 1.31 bits per heavy atom. The van der Waals surface area contributed by atoms with E-state index in [1.165, 1.54) is 6.92 Å². The van der Waals surface area contributed by atoms with E-state index in [-0.39, 0.29) is 18.8 Å². The Morgan fingerprint density at radius 3 is 1.82 bits per heavy atom. The molecule has 222 valence electrons. The van der Waals surface area contributed by atoms with E-state index in [1.807, 2.05) is 13.8 Å². The Kier molecular flexibility index (Phi) is 16.7. The molecule has 0 saturated heterocycles. The summed E-state index contributed by atoms with van der Waals surface area (Å²) in [6, 6.07) is -4.47. The van der Waals surface area contributed by atoms with E-state index in [9.17, 15) is 33.6 Å². The van der Waals surface area contributed by atoms with Gasteiger partial charge < -0.3 is 48.9 Å². The molecule has 6 amide bonds. The maximum atomic E-state index is 12.9. The summed E-state index contributed by atoms with van der Waals surface area (Å²) in [5.74, 6) is -5.94. The fourth-order valence-electron chi connectivity index (χ4n) is 3.27. The average molecular weight is 559 g/mol. The van der Waals surface area contributed by atoms with Gasteiger partial charge in [0.25, 0.3) is 0 Å². The summed E-state index contributed by atoms with van der Waals surface area (Å²) < 4.78 is 0. The zero-order chi connectivity index (χ0) is 30.1. The van der Waals surface area contributed by atoms with E-state index in [0.29, 0.717) is 19.4 Å². The number of carboxylic acids is 1. The van der Waals surface area contributed by atoms with Gasteiger partial charge in [-0.15, -0.1) is 0 Å². The van der Waals surface area contributed by atoms with E-state index in [4.69, 9.17) is 22.3 Å². The fraction of sp³-hybridized carbons (Fsp3) is 0.696. The summed E-state index contributed by atoms with van der Waals surface area (Å²) in [6.07, 6.45) is 0.832. The Hall–Kier alpha value is -3.79. The molecule has 0 aliphatic rings. The molecule has 0 saturated carbocycles. The van der Waals surface area contributed by atoms with Crippen molar-refractivity contribution in [3.8, 4) is 0 Å². The van der Waals surface area contributed by atoms with Crippen LogP contribution in [0.2, 0.25) is 0 Å². The fourth-order valence-corrected chi connectivity index (χ4v) is 3.27. The molecule has 0 aromatic heterocycles. The molecule has 0 spiro atoms. The van der Waals surface area contributed by atoms with E-state index < -0.39 is 85.1 Å². The summed E-state index contributed by atoms with van der Waals surface area (Å²) in [5.41, 5.74) is 16.2. The van der Waals surface area contributed by atoms with Crippen molar-refractivity contribution in [3.05, 3.63) is 0 Å². The summed E-state index contributed by atoms with van der Waals surface area (Å²) in [7, 11) is 0. The van der Waals surface area contributed by atoms with E-state index in [2.05, 4.69) is 26.6 Å². The highest BCUT2D eigenvalue weighted by Crippen LogP contribution is 2.07. The van der Waals surface area contributed by atoms with Gasteiger partial charge in [0.1, 0.15) is 24.7 Å². The van der Waals surface area contributed by atoms with E-state index >= 15 is 0 Å². The molecule has 0 aliphatic carbocycles. The van der Waals surface area contributed by atoms with Crippen LogP contribution in [0.1, 0.15) is 52.9 Å². The number of nitrogens with one attached hydrogen (secondary N) is 5. The van der Waals surface area contributed by atoms with Gasteiger partial charge in [-0.2, -0.15) is 0 Å². The molecule has 39 heavy (non-hydrogen) atoms. The van der Waals surface area contributed by atoms with Gasteiger partial charge in [-0.05, 0) is 45.1 Å². The van der Waals surface area contributed by atoms with Gasteiger partial charge in [-0.25, -0.2) is 0 Å². The standard InChI is InChI=1S/C23H42N8O8/c1-12(2)8-15(30-20(36)13(3)25)23(39)31-16(9-17(26)32)22(38)27-10-18(33)29-14(6-4-5-7-24)21(37)28-11-19(34)35/h12-16H,4-11,24-25H2,1-3H3,(H2,26,32)(H,27,38)(H,28,37)(H,29,33)(H,30,36)(H,31,39)(H,34,35)/t13-,14-,15-,16-/m0/s1. The maximum absolute atomic E-state index is 12.9. The number of carbonyl (C=O) groups excluding carboxylic acids is 6. The third-order valence-corrected chi connectivity index (χ3v) is 5.23. The molecule has 0 unspecified atom stereocenters. The SMILES string of the molecule is CC(C)C[C@H](NC(=O)[C@H](C)N)C(=O)N[C@@H](CC(N)=O)C(=O)NCC(=O)N[C@@H](CCCCN)C(=O)NCC(=O)O. The van der Waals surface area contributed by atoms with Gasteiger partial charge in [-0.3, -0.25) is 33.6 Å². The lowest BCUT2D eigenvalue weighted by atomic mass is 10.0. The summed E-state index contributed by atoms with van der Waals surface area (Å²) in [4.78, 5) is 84.6. The number of rotatable bonds is 19. The number of primary amides is 1. The number of hydrogen-bond donors (Lipinski definition) is 9. The molecule has 0 aliphatic heterocycles. The van der Waals surface area contributed by atoms with Gasteiger partial charge in [0, 0.05) is 0 Å². The second kappa shape index (κ2) is 18.5. The molecule has 12 N–H and O–H groups in total. The highest BCUT2D eigenvalue weighted by atomic mass is 16.4. The maximum Gasteiger partial charge on any atom is 0.322 e. The minimum absolute atomic E-state index is 0.0215. The number of nitrogens with two attached hydrogens (primary N) is 3. The van der Waals surface area contributed by atoms with Gasteiger partial charge in [0.15, 0.2) is 0 Å². The molecule has 0 rings (SSSR count). The molecule has 16 heteroatoms. The monoisotopic (exact) mass is 558 g/mol. The van der Waals surface area contributed by atoms with Crippen LogP contribution < -0.4 is 43.8 Å². The number of aliphatic carboxylic acids is 1. The first-order valence-corrected chi connectivity index (χ1v) is 12.6. The molecule has 0 radical (unpaired) electrons. The predicted octanol–water partition coefficient (Wildman–Crippen LogP) is -3.84. The quantitative estimate of drug-likeness (QED) is 0.0696. The third kappa shape index (κ3) is 15.9. The van der Waals surface area contributed by atoms with E-state index in [0.717, 1.165) is 0 Å². The Bertz CT molecular complexity index is 880. The van der Waals surface area contributed by atoms with Crippen molar-refractivity contribution in [1.82, 2.24) is 26.6 Å². The first kappa shape index (κ1) is 35.2. The molecule has 0 heterocycles. The molecule has 16 nitrogen and oxygen atoms in total. The minimum Gasteiger partial charge on any atom is -0.480 e. The average Bonchev–Trinajstić information content (AvgIpc) is 2.83. The third-order valence-electron chi connectivity index (χ3n) is 5.23. The van der Waals surface area contributed by atoms with Crippen LogP contribution in [0, 0.1) is 5.92 Å². The van der Waals surface area contributed by atoms with Gasteiger partial charge in [0.2, 0.25) is 35.4 Å². The summed E-state index contributed by atoms with van der Waals surface area (Å²) in [5, 5.41) is 20.5. The zero-order valence-corrected chi connectivity index (χ0v) is 22.6. The number of carbonyl (C=O) groups is 7. The topological polar surface area (TPSA) is 278 Å². The van der Waals surface area contributed by atoms with Crippen LogP contribution in [0.3, 0.4) is 0 Å². The first-order valence-electron chi connectivity index (χ1n) is 12.6. The lowest BCUT2D eigenvalue weighted by Crippen LogP contribution is -2.57. The minimum atomic E-state index is -1.45. The van der Waals surface area contributed by atoms with Crippen LogP contribution in [0.25, 0.3) is 0 Å². The predicted molar refractivity (Wildman–Crippen MR) is 139 cm³/mol. The van der Waals surface area contributed by atoms with Crippen molar-refractivity contribution in [2.75, 3.05) is 19.6 Å². The van der Waals surface area contributed by atoms with Crippen LogP contribution in [-0.2, 0) is 33.6 Å². The van der Waals surface area contributed by atoms with Crippen molar-refractivity contribution in [3.63, 3.8) is 0 Å². The van der Waals surface area contributed by atoms with Gasteiger partial charge in [0.05, 0.1) is 19.0 Å². The molecular weight excluding hydrogens is 516 g/mol. The lowest BCUT2D eigenvalue weighted by molar-refractivity contribution is -0.138. The van der Waals surface area contributed by atoms with Crippen LogP contribution in [0.5, 0.6) is 0 Å². The van der Waals surface area contributed by atoms with Crippen LogP contribution >= 0.6 is 0 Å². The Morgan fingerprint density at radius 1 is 0.744 bits per heavy atom. The van der Waals surface area contributed by atoms with E-state index in [1.54, 1.807) is 0 Å². The number of hydrogen-bond acceptors (Lipinski definition) is 9. The Balaban J connectivity index is 5.32. The highest BCUT2D eigenvalue weighted by Gasteiger charge is 2.29. The second-order valence-electron chi connectivity index (χ2n) is 9.44. The lowest BCUT2D eigenvalue weighted by Gasteiger charge is -2.24. The van der Waals surface area contributed by atoms with Crippen LogP contribution in [0.4, 0.5) is 0 Å². The van der Waals surface area contributed by atoms with Gasteiger partial charge >= 0.3 is 5.97 Å². The molecule has 0 aromatic carbocycles. The Labute approximate surface area is 226 Å². The summed E-state index contributed by atoms with van der Waals surface area (Å²) >= 11 is 0.